The van der Waals surface area contributed by atoms with Crippen molar-refractivity contribution in [1.29, 1.82) is 0 Å². The zero-order chi connectivity index (χ0) is 13.0. The lowest BCUT2D eigenvalue weighted by Crippen LogP contribution is -2.03. The van der Waals surface area contributed by atoms with Crippen LogP contribution in [0, 0.1) is 6.92 Å². The molecule has 0 amide bonds. The van der Waals surface area contributed by atoms with Crippen LogP contribution in [0.15, 0.2) is 42.6 Å². The summed E-state index contributed by atoms with van der Waals surface area (Å²) in [4.78, 5) is 15.1. The van der Waals surface area contributed by atoms with Crippen LogP contribution in [0.25, 0.3) is 0 Å². The van der Waals surface area contributed by atoms with Crippen LogP contribution < -0.4 is 9.47 Å². The van der Waals surface area contributed by atoms with Crippen molar-refractivity contribution in [2.75, 3.05) is 0 Å². The number of carbonyl (C=O) groups is 1. The van der Waals surface area contributed by atoms with E-state index in [4.69, 9.17) is 9.47 Å². The summed E-state index contributed by atoms with van der Waals surface area (Å²) < 4.78 is 10.8. The topological polar surface area (TPSA) is 48.4 Å². The number of nitrogens with zero attached hydrogens (tertiary/aromatic N) is 1. The zero-order valence-corrected chi connectivity index (χ0v) is 10.2. The number of pyridine rings is 1. The number of esters is 1. The molecule has 0 aliphatic carbocycles. The predicted molar refractivity (Wildman–Crippen MR) is 66.8 cm³/mol. The highest BCUT2D eigenvalue weighted by molar-refractivity contribution is 5.70. The second-order valence-corrected chi connectivity index (χ2v) is 3.77. The number of hydrogen-bond donors (Lipinski definition) is 0. The summed E-state index contributed by atoms with van der Waals surface area (Å²) in [6.07, 6.45) is 1.64. The summed E-state index contributed by atoms with van der Waals surface area (Å²) in [6.45, 7) is 3.23. The lowest BCUT2D eigenvalue weighted by atomic mass is 10.2. The second kappa shape index (κ2) is 5.31. The highest BCUT2D eigenvalue weighted by atomic mass is 16.6. The van der Waals surface area contributed by atoms with Gasteiger partial charge in [-0.1, -0.05) is 18.2 Å². The van der Waals surface area contributed by atoms with E-state index in [9.17, 15) is 4.79 Å². The third-order valence-electron chi connectivity index (χ3n) is 2.27. The van der Waals surface area contributed by atoms with Crippen LogP contribution in [0.2, 0.25) is 0 Å². The molecule has 1 aromatic heterocycles. The first-order valence-corrected chi connectivity index (χ1v) is 5.54. The summed E-state index contributed by atoms with van der Waals surface area (Å²) in [6, 6.07) is 10.7. The van der Waals surface area contributed by atoms with Crippen molar-refractivity contribution in [2.45, 2.75) is 13.8 Å². The maximum Gasteiger partial charge on any atom is 0.308 e. The maximum atomic E-state index is 11.0. The van der Waals surface area contributed by atoms with E-state index in [0.29, 0.717) is 17.4 Å². The van der Waals surface area contributed by atoms with E-state index >= 15 is 0 Å². The van der Waals surface area contributed by atoms with Gasteiger partial charge in [0.1, 0.15) is 0 Å². The Kier molecular flexibility index (Phi) is 3.57. The molecule has 0 unspecified atom stereocenters. The number of aryl methyl sites for hydroxylation is 1. The van der Waals surface area contributed by atoms with Crippen LogP contribution in [0.5, 0.6) is 17.4 Å². The van der Waals surface area contributed by atoms with Crippen molar-refractivity contribution in [2.24, 2.45) is 0 Å². The Balaban J connectivity index is 2.34. The fraction of sp³-hybridized carbons (Fsp3) is 0.143. The molecule has 4 nitrogen and oxygen atoms in total. The average molecular weight is 243 g/mol. The fourth-order valence-corrected chi connectivity index (χ4v) is 1.50. The normalized spacial score (nSPS) is 9.89. The molecule has 0 N–H and O–H groups in total. The van der Waals surface area contributed by atoms with Crippen molar-refractivity contribution in [3.8, 4) is 17.4 Å². The molecule has 0 saturated carbocycles. The number of benzene rings is 1. The molecule has 2 rings (SSSR count). The third kappa shape index (κ3) is 2.85. The van der Waals surface area contributed by atoms with Crippen LogP contribution >= 0.6 is 0 Å². The molecule has 0 radical (unpaired) electrons. The summed E-state index contributed by atoms with van der Waals surface area (Å²) in [5, 5.41) is 0. The van der Waals surface area contributed by atoms with Gasteiger partial charge in [-0.15, -0.1) is 0 Å². The number of carbonyl (C=O) groups excluding carboxylic acids is 1. The number of rotatable bonds is 3. The Bertz CT molecular complexity index is 552. The quantitative estimate of drug-likeness (QED) is 0.614. The lowest BCUT2D eigenvalue weighted by molar-refractivity contribution is -0.132. The lowest BCUT2D eigenvalue weighted by Gasteiger charge is -2.12. The molecule has 18 heavy (non-hydrogen) atoms. The van der Waals surface area contributed by atoms with E-state index in [1.807, 2.05) is 19.1 Å². The molecule has 1 aromatic carbocycles. The molecule has 0 aliphatic rings. The van der Waals surface area contributed by atoms with Crippen molar-refractivity contribution in [3.63, 3.8) is 0 Å². The van der Waals surface area contributed by atoms with Gasteiger partial charge in [0, 0.05) is 19.2 Å². The first-order valence-electron chi connectivity index (χ1n) is 5.54. The first kappa shape index (κ1) is 12.1. The molecule has 92 valence electrons. The minimum atomic E-state index is -0.383. The molecule has 1 heterocycles. The van der Waals surface area contributed by atoms with Crippen molar-refractivity contribution in [1.82, 2.24) is 4.98 Å². The highest BCUT2D eigenvalue weighted by Gasteiger charge is 2.11. The molecule has 0 saturated heterocycles. The van der Waals surface area contributed by atoms with Gasteiger partial charge in [0.2, 0.25) is 5.88 Å². The maximum absolute atomic E-state index is 11.0. The van der Waals surface area contributed by atoms with Crippen molar-refractivity contribution < 1.29 is 14.3 Å². The summed E-state index contributed by atoms with van der Waals surface area (Å²) in [7, 11) is 0. The standard InChI is InChI=1S/C14H13NO3/c1-10-6-5-7-12(17-11(2)16)14(10)18-13-8-3-4-9-15-13/h3-9H,1-2H3. The molecule has 0 spiro atoms. The Morgan fingerprint density at radius 1 is 1.17 bits per heavy atom. The number of hydrogen-bond acceptors (Lipinski definition) is 4. The zero-order valence-electron chi connectivity index (χ0n) is 10.2. The van der Waals surface area contributed by atoms with Gasteiger partial charge >= 0.3 is 5.97 Å². The minimum absolute atomic E-state index is 0.383. The van der Waals surface area contributed by atoms with Gasteiger partial charge < -0.3 is 9.47 Å². The second-order valence-electron chi connectivity index (χ2n) is 3.77. The van der Waals surface area contributed by atoms with Crippen LogP contribution in [0.4, 0.5) is 0 Å². The molecule has 0 atom stereocenters. The van der Waals surface area contributed by atoms with Crippen LogP contribution in [-0.2, 0) is 4.79 Å². The van der Waals surface area contributed by atoms with Gasteiger partial charge in [-0.25, -0.2) is 4.98 Å². The van der Waals surface area contributed by atoms with E-state index < -0.39 is 0 Å². The van der Waals surface area contributed by atoms with Crippen LogP contribution in [0.1, 0.15) is 12.5 Å². The van der Waals surface area contributed by atoms with Gasteiger partial charge in [0.05, 0.1) is 0 Å². The van der Waals surface area contributed by atoms with Gasteiger partial charge in [0.25, 0.3) is 0 Å². The molecule has 0 fully saturated rings. The Morgan fingerprint density at radius 3 is 2.67 bits per heavy atom. The minimum Gasteiger partial charge on any atom is -0.435 e. The highest BCUT2D eigenvalue weighted by Crippen LogP contribution is 2.33. The smallest absolute Gasteiger partial charge is 0.308 e. The Labute approximate surface area is 105 Å². The Morgan fingerprint density at radius 2 is 2.00 bits per heavy atom. The third-order valence-corrected chi connectivity index (χ3v) is 2.27. The molecular weight excluding hydrogens is 230 g/mol. The molecular formula is C14H13NO3. The van der Waals surface area contributed by atoms with Crippen molar-refractivity contribution >= 4 is 5.97 Å². The fourth-order valence-electron chi connectivity index (χ4n) is 1.50. The van der Waals surface area contributed by atoms with Gasteiger partial charge in [-0.3, -0.25) is 4.79 Å². The monoisotopic (exact) mass is 243 g/mol. The summed E-state index contributed by atoms with van der Waals surface area (Å²) in [5.74, 6) is 0.978. The summed E-state index contributed by atoms with van der Waals surface area (Å²) in [5.41, 5.74) is 0.874. The molecule has 2 aromatic rings. The number of ether oxygens (including phenoxy) is 2. The van der Waals surface area contributed by atoms with Crippen molar-refractivity contribution in [3.05, 3.63) is 48.2 Å². The first-order chi connectivity index (χ1) is 8.66. The number of aromatic nitrogens is 1. The average Bonchev–Trinajstić information content (AvgIpc) is 2.34. The van der Waals surface area contributed by atoms with E-state index in [2.05, 4.69) is 4.98 Å². The van der Waals surface area contributed by atoms with E-state index in [1.54, 1.807) is 30.5 Å². The van der Waals surface area contributed by atoms with E-state index in [0.717, 1.165) is 5.56 Å². The molecule has 0 bridgehead atoms. The summed E-state index contributed by atoms with van der Waals surface area (Å²) >= 11 is 0. The van der Waals surface area contributed by atoms with E-state index in [-0.39, 0.29) is 5.97 Å². The van der Waals surface area contributed by atoms with Gasteiger partial charge in [-0.05, 0) is 24.6 Å². The van der Waals surface area contributed by atoms with Gasteiger partial charge in [-0.2, -0.15) is 0 Å². The Hall–Kier alpha value is -2.36. The molecule has 0 aliphatic heterocycles. The SMILES string of the molecule is CC(=O)Oc1cccc(C)c1Oc1ccccn1. The molecule has 4 heteroatoms. The largest absolute Gasteiger partial charge is 0.435 e. The number of para-hydroxylation sites is 1. The predicted octanol–water partition coefficient (Wildman–Crippen LogP) is 3.11. The van der Waals surface area contributed by atoms with Crippen LogP contribution in [-0.4, -0.2) is 11.0 Å². The van der Waals surface area contributed by atoms with Gasteiger partial charge in [0.15, 0.2) is 11.5 Å². The van der Waals surface area contributed by atoms with Crippen LogP contribution in [0.3, 0.4) is 0 Å². The van der Waals surface area contributed by atoms with E-state index in [1.165, 1.54) is 6.92 Å².